The molecule has 2 aromatic carbocycles. The molecular weight excluding hydrogens is 552 g/mol. The number of ether oxygens (including phenoxy) is 1. The minimum Gasteiger partial charge on any atom is -0.453 e. The number of rotatable bonds is 6. The molecule has 3 heterocycles. The van der Waals surface area contributed by atoms with Gasteiger partial charge in [0.25, 0.3) is 0 Å². The highest BCUT2D eigenvalue weighted by Gasteiger charge is 2.15. The van der Waals surface area contributed by atoms with Crippen molar-refractivity contribution in [2.75, 3.05) is 5.32 Å². The second kappa shape index (κ2) is 12.5. The SMILES string of the molecule is Cl.Cl.Cn1ccnc1-c1cc2nccc(Oc3ccc(NC(=O)NC(=O)Cc4ccccc4)cc3F)c2s1. The van der Waals surface area contributed by atoms with Gasteiger partial charge < -0.3 is 14.6 Å². The fourth-order valence-electron chi connectivity index (χ4n) is 3.60. The number of imide groups is 1. The van der Waals surface area contributed by atoms with Crippen molar-refractivity contribution in [2.24, 2.45) is 7.05 Å². The molecule has 0 unspecified atom stereocenters. The van der Waals surface area contributed by atoms with Crippen LogP contribution in [0.15, 0.2) is 79.3 Å². The van der Waals surface area contributed by atoms with Crippen molar-refractivity contribution >= 4 is 64.0 Å². The number of nitrogens with one attached hydrogen (secondary N) is 2. The van der Waals surface area contributed by atoms with Gasteiger partial charge in [-0.25, -0.2) is 14.2 Å². The molecule has 0 radical (unpaired) electrons. The molecule has 12 heteroatoms. The molecule has 0 spiro atoms. The van der Waals surface area contributed by atoms with Gasteiger partial charge in [-0.05, 0) is 23.8 Å². The van der Waals surface area contributed by atoms with Gasteiger partial charge in [-0.1, -0.05) is 30.3 Å². The van der Waals surface area contributed by atoms with E-state index >= 15 is 0 Å². The summed E-state index contributed by atoms with van der Waals surface area (Å²) in [6.45, 7) is 0. The van der Waals surface area contributed by atoms with E-state index in [4.69, 9.17) is 4.74 Å². The van der Waals surface area contributed by atoms with E-state index in [-0.39, 0.29) is 42.7 Å². The Bertz CT molecular complexity index is 1580. The highest BCUT2D eigenvalue weighted by atomic mass is 35.5. The van der Waals surface area contributed by atoms with Crippen LogP contribution in [0.3, 0.4) is 0 Å². The number of anilines is 1. The van der Waals surface area contributed by atoms with E-state index in [0.717, 1.165) is 27.0 Å². The second-order valence-corrected chi connectivity index (χ2v) is 8.96. The van der Waals surface area contributed by atoms with Gasteiger partial charge in [0, 0.05) is 43.5 Å². The Kier molecular flexibility index (Phi) is 9.40. The minimum absolute atomic E-state index is 0. The number of nitrogens with zero attached hydrogens (tertiary/aromatic N) is 3. The van der Waals surface area contributed by atoms with Gasteiger partial charge in [0.05, 0.1) is 21.5 Å². The van der Waals surface area contributed by atoms with Crippen LogP contribution in [0.25, 0.3) is 20.9 Å². The number of benzene rings is 2. The van der Waals surface area contributed by atoms with E-state index < -0.39 is 17.8 Å². The van der Waals surface area contributed by atoms with Crippen molar-refractivity contribution in [3.05, 3.63) is 90.6 Å². The fourth-order valence-corrected chi connectivity index (χ4v) is 4.71. The Labute approximate surface area is 233 Å². The van der Waals surface area contributed by atoms with Gasteiger partial charge in [-0.15, -0.1) is 36.2 Å². The lowest BCUT2D eigenvalue weighted by molar-refractivity contribution is -0.119. The van der Waals surface area contributed by atoms with Crippen molar-refractivity contribution < 1.29 is 18.7 Å². The average molecular weight is 574 g/mol. The van der Waals surface area contributed by atoms with Crippen LogP contribution in [0.4, 0.5) is 14.9 Å². The minimum atomic E-state index is -0.750. The maximum Gasteiger partial charge on any atom is 0.325 e. The first-order valence-electron chi connectivity index (χ1n) is 10.9. The fraction of sp³-hybridized carbons (Fsp3) is 0.0769. The third-order valence-electron chi connectivity index (χ3n) is 5.29. The number of aromatic nitrogens is 3. The average Bonchev–Trinajstić information content (AvgIpc) is 3.47. The Morgan fingerprint density at radius 1 is 1.00 bits per heavy atom. The van der Waals surface area contributed by atoms with Crippen molar-refractivity contribution in [1.29, 1.82) is 0 Å². The molecule has 0 saturated heterocycles. The van der Waals surface area contributed by atoms with Crippen molar-refractivity contribution in [2.45, 2.75) is 6.42 Å². The van der Waals surface area contributed by atoms with E-state index in [1.165, 1.54) is 23.5 Å². The Morgan fingerprint density at radius 3 is 2.50 bits per heavy atom. The number of halogens is 3. The number of urea groups is 1. The summed E-state index contributed by atoms with van der Waals surface area (Å²) in [7, 11) is 1.90. The van der Waals surface area contributed by atoms with Gasteiger partial charge in [-0.2, -0.15) is 0 Å². The van der Waals surface area contributed by atoms with E-state index in [9.17, 15) is 14.0 Å². The van der Waals surface area contributed by atoms with E-state index in [1.54, 1.807) is 30.6 Å². The standard InChI is InChI=1S/C26H20FN5O3S.2ClH/c1-32-12-11-29-25(32)22-15-19-24(36-22)21(9-10-28-19)35-20-8-7-17(14-18(20)27)30-26(34)31-23(33)13-16-5-3-2-4-6-16;;/h2-12,14-15H,13H2,1H3,(H2,30,31,33,34);2*1H. The van der Waals surface area contributed by atoms with Gasteiger partial charge in [-0.3, -0.25) is 15.1 Å². The van der Waals surface area contributed by atoms with Crippen molar-refractivity contribution in [3.63, 3.8) is 0 Å². The topological polar surface area (TPSA) is 98.1 Å². The third-order valence-corrected chi connectivity index (χ3v) is 6.42. The molecule has 5 rings (SSSR count). The number of aryl methyl sites for hydroxylation is 1. The lowest BCUT2D eigenvalue weighted by Crippen LogP contribution is -2.35. The highest BCUT2D eigenvalue weighted by molar-refractivity contribution is 7.22. The largest absolute Gasteiger partial charge is 0.453 e. The first-order valence-corrected chi connectivity index (χ1v) is 11.8. The molecule has 8 nitrogen and oxygen atoms in total. The summed E-state index contributed by atoms with van der Waals surface area (Å²) in [4.78, 5) is 33.9. The van der Waals surface area contributed by atoms with E-state index in [1.807, 2.05) is 42.1 Å². The highest BCUT2D eigenvalue weighted by Crippen LogP contribution is 2.39. The predicted molar refractivity (Wildman–Crippen MR) is 150 cm³/mol. The smallest absolute Gasteiger partial charge is 0.325 e. The van der Waals surface area contributed by atoms with Crippen LogP contribution >= 0.6 is 36.2 Å². The van der Waals surface area contributed by atoms with Gasteiger partial charge in [0.15, 0.2) is 11.6 Å². The maximum atomic E-state index is 14.8. The molecule has 0 aliphatic carbocycles. The van der Waals surface area contributed by atoms with Crippen molar-refractivity contribution in [1.82, 2.24) is 19.9 Å². The summed E-state index contributed by atoms with van der Waals surface area (Å²) in [5.74, 6) is 0.0944. The summed E-state index contributed by atoms with van der Waals surface area (Å²) in [5.41, 5.74) is 1.67. The number of hydrogen-bond acceptors (Lipinski definition) is 6. The monoisotopic (exact) mass is 573 g/mol. The van der Waals surface area contributed by atoms with Gasteiger partial charge in [0.1, 0.15) is 11.6 Å². The lowest BCUT2D eigenvalue weighted by Gasteiger charge is -2.10. The summed E-state index contributed by atoms with van der Waals surface area (Å²) in [6.07, 6.45) is 5.22. The number of pyridine rings is 1. The van der Waals surface area contributed by atoms with Crippen LogP contribution in [0.1, 0.15) is 5.56 Å². The molecule has 196 valence electrons. The molecule has 38 heavy (non-hydrogen) atoms. The Morgan fingerprint density at radius 2 is 1.79 bits per heavy atom. The Balaban J connectivity index is 0.00000200. The molecule has 0 saturated carbocycles. The number of imidazole rings is 1. The molecule has 2 N–H and O–H groups in total. The molecular formula is C26H22Cl2FN5O3S. The first-order chi connectivity index (χ1) is 17.5. The van der Waals surface area contributed by atoms with Gasteiger partial charge in [0.2, 0.25) is 5.91 Å². The van der Waals surface area contributed by atoms with Crippen LogP contribution < -0.4 is 15.4 Å². The number of hydrogen-bond donors (Lipinski definition) is 2. The molecule has 3 amide bonds. The quantitative estimate of drug-likeness (QED) is 0.246. The van der Waals surface area contributed by atoms with Crippen molar-refractivity contribution in [3.8, 4) is 22.2 Å². The van der Waals surface area contributed by atoms with E-state index in [0.29, 0.717) is 11.3 Å². The van der Waals surface area contributed by atoms with Crippen LogP contribution in [0, 0.1) is 5.82 Å². The van der Waals surface area contributed by atoms with E-state index in [2.05, 4.69) is 20.6 Å². The predicted octanol–water partition coefficient (Wildman–Crippen LogP) is 6.36. The summed E-state index contributed by atoms with van der Waals surface area (Å²) in [6, 6.07) is 15.9. The molecule has 0 aliphatic rings. The first kappa shape index (κ1) is 28.6. The molecule has 0 fully saturated rings. The molecule has 0 bridgehead atoms. The number of fused-ring (bicyclic) bond motifs is 1. The second-order valence-electron chi connectivity index (χ2n) is 7.91. The summed E-state index contributed by atoms with van der Waals surface area (Å²) in [5, 5.41) is 4.69. The normalized spacial score (nSPS) is 10.3. The molecule has 5 aromatic rings. The van der Waals surface area contributed by atoms with Gasteiger partial charge >= 0.3 is 6.03 Å². The molecule has 3 aromatic heterocycles. The summed E-state index contributed by atoms with van der Waals surface area (Å²) >= 11 is 1.45. The zero-order chi connectivity index (χ0) is 25.1. The molecule has 0 atom stereocenters. The number of amides is 3. The number of carbonyl (C=O) groups is 2. The Hall–Kier alpha value is -3.99. The summed E-state index contributed by atoms with van der Waals surface area (Å²) < 4.78 is 23.4. The van der Waals surface area contributed by atoms with Crippen LogP contribution in [-0.4, -0.2) is 26.5 Å². The number of thiophene rings is 1. The third kappa shape index (κ3) is 6.46. The number of carbonyl (C=O) groups excluding carboxylic acids is 2. The lowest BCUT2D eigenvalue weighted by atomic mass is 10.1. The maximum absolute atomic E-state index is 14.8. The van der Waals surface area contributed by atoms with Crippen LogP contribution in [-0.2, 0) is 18.3 Å². The van der Waals surface area contributed by atoms with Crippen LogP contribution in [0.5, 0.6) is 11.5 Å². The zero-order valence-electron chi connectivity index (χ0n) is 19.9. The molecule has 0 aliphatic heterocycles. The zero-order valence-corrected chi connectivity index (χ0v) is 22.3. The van der Waals surface area contributed by atoms with Crippen LogP contribution in [0.2, 0.25) is 0 Å².